The maximum atomic E-state index is 6.57. The van der Waals surface area contributed by atoms with Crippen molar-refractivity contribution in [1.29, 1.82) is 0 Å². The summed E-state index contributed by atoms with van der Waals surface area (Å²) in [5.41, 5.74) is 18.5. The molecule has 0 aliphatic carbocycles. The van der Waals surface area contributed by atoms with E-state index in [2.05, 4.69) is 199 Å². The molecular formula is C69H42N4O2. The molecule has 0 radical (unpaired) electrons. The van der Waals surface area contributed by atoms with Gasteiger partial charge in [0.05, 0.1) is 11.0 Å². The molecule has 0 aliphatic rings. The Hall–Kier alpha value is -10.2. The normalized spacial score (nSPS) is 11.7. The summed E-state index contributed by atoms with van der Waals surface area (Å²) in [6.07, 6.45) is 0. The van der Waals surface area contributed by atoms with Gasteiger partial charge in [0, 0.05) is 54.7 Å². The molecule has 15 rings (SSSR count). The molecule has 0 atom stereocenters. The van der Waals surface area contributed by atoms with Crippen LogP contribution < -0.4 is 0 Å². The molecule has 75 heavy (non-hydrogen) atoms. The third-order valence-electron chi connectivity index (χ3n) is 14.6. The molecule has 0 aliphatic heterocycles. The molecule has 350 valence electrons. The van der Waals surface area contributed by atoms with Crippen molar-refractivity contribution in [3.05, 3.63) is 255 Å². The number of furan rings is 2. The van der Waals surface area contributed by atoms with E-state index in [9.17, 15) is 0 Å². The third-order valence-corrected chi connectivity index (χ3v) is 14.6. The Balaban J connectivity index is 0.794. The second-order valence-corrected chi connectivity index (χ2v) is 19.1. The molecule has 4 aromatic heterocycles. The van der Waals surface area contributed by atoms with Crippen LogP contribution in [0, 0.1) is 0 Å². The Morgan fingerprint density at radius 2 is 0.707 bits per heavy atom. The molecule has 0 saturated carbocycles. The summed E-state index contributed by atoms with van der Waals surface area (Å²) in [6.45, 7) is 0. The Bertz CT molecular complexity index is 4650. The highest BCUT2D eigenvalue weighted by Gasteiger charge is 2.19. The first-order valence-electron chi connectivity index (χ1n) is 25.2. The van der Waals surface area contributed by atoms with Crippen molar-refractivity contribution in [2.45, 2.75) is 0 Å². The Morgan fingerprint density at radius 3 is 1.41 bits per heavy atom. The average molecular weight is 959 g/mol. The highest BCUT2D eigenvalue weighted by atomic mass is 16.3. The van der Waals surface area contributed by atoms with Crippen molar-refractivity contribution < 1.29 is 8.83 Å². The first kappa shape index (κ1) is 42.5. The molecule has 0 fully saturated rings. The lowest BCUT2D eigenvalue weighted by Crippen LogP contribution is -2.00. The van der Waals surface area contributed by atoms with Gasteiger partial charge in [0.1, 0.15) is 22.3 Å². The lowest BCUT2D eigenvalue weighted by molar-refractivity contribution is 0.668. The van der Waals surface area contributed by atoms with E-state index in [0.29, 0.717) is 17.5 Å². The van der Waals surface area contributed by atoms with Gasteiger partial charge in [0.15, 0.2) is 17.5 Å². The van der Waals surface area contributed by atoms with Crippen LogP contribution in [0.15, 0.2) is 264 Å². The monoisotopic (exact) mass is 958 g/mol. The Kier molecular flexibility index (Phi) is 9.78. The van der Waals surface area contributed by atoms with Gasteiger partial charge in [-0.1, -0.05) is 176 Å². The minimum atomic E-state index is 0.615. The van der Waals surface area contributed by atoms with Crippen molar-refractivity contribution in [2.24, 2.45) is 0 Å². The van der Waals surface area contributed by atoms with E-state index in [1.165, 1.54) is 27.4 Å². The fourth-order valence-electron chi connectivity index (χ4n) is 11.0. The summed E-state index contributed by atoms with van der Waals surface area (Å²) in [7, 11) is 0. The van der Waals surface area contributed by atoms with Gasteiger partial charge in [-0.05, 0) is 123 Å². The number of nitrogens with zero attached hydrogens (tertiary/aromatic N) is 4. The molecule has 0 spiro atoms. The molecule has 4 heterocycles. The fourth-order valence-corrected chi connectivity index (χ4v) is 11.0. The van der Waals surface area contributed by atoms with Gasteiger partial charge in [-0.2, -0.15) is 0 Å². The predicted molar refractivity (Wildman–Crippen MR) is 307 cm³/mol. The van der Waals surface area contributed by atoms with Crippen molar-refractivity contribution in [3.8, 4) is 84.4 Å². The van der Waals surface area contributed by atoms with Crippen molar-refractivity contribution in [1.82, 2.24) is 19.5 Å². The molecule has 6 heteroatoms. The maximum Gasteiger partial charge on any atom is 0.164 e. The molecule has 0 saturated heterocycles. The fraction of sp³-hybridized carbons (Fsp3) is 0. The van der Waals surface area contributed by atoms with E-state index in [4.69, 9.17) is 23.8 Å². The highest BCUT2D eigenvalue weighted by Crippen LogP contribution is 2.42. The number of aromatic nitrogens is 4. The quantitative estimate of drug-likeness (QED) is 0.152. The van der Waals surface area contributed by atoms with Crippen LogP contribution in [0.4, 0.5) is 0 Å². The second-order valence-electron chi connectivity index (χ2n) is 19.1. The number of hydrogen-bond acceptors (Lipinski definition) is 5. The molecule has 11 aromatic carbocycles. The summed E-state index contributed by atoms with van der Waals surface area (Å²) in [5.74, 6) is 1.88. The SMILES string of the molecule is c1ccc(-c2ccc3c(c2)c2ccccc2n3-c2ccc3oc4ccc(-c5cccc(-c6cccc7oc8ccc(-c9cccc(-c%10nc(-c%11ccccc%11)nc(-c%11ccccc%11)n%10)c9)cc8c67)c5)cc4c3c2)cc1. The predicted octanol–water partition coefficient (Wildman–Crippen LogP) is 18.4. The minimum absolute atomic E-state index is 0.615. The lowest BCUT2D eigenvalue weighted by Gasteiger charge is -2.10. The van der Waals surface area contributed by atoms with Crippen molar-refractivity contribution in [3.63, 3.8) is 0 Å². The zero-order valence-corrected chi connectivity index (χ0v) is 40.4. The molecule has 6 nitrogen and oxygen atoms in total. The van der Waals surface area contributed by atoms with E-state index < -0.39 is 0 Å². The smallest absolute Gasteiger partial charge is 0.164 e. The molecule has 0 unspecified atom stereocenters. The van der Waals surface area contributed by atoms with Crippen LogP contribution in [-0.4, -0.2) is 19.5 Å². The van der Waals surface area contributed by atoms with Crippen molar-refractivity contribution in [2.75, 3.05) is 0 Å². The van der Waals surface area contributed by atoms with Crippen LogP contribution in [0.3, 0.4) is 0 Å². The molecular weight excluding hydrogens is 917 g/mol. The van der Waals surface area contributed by atoms with E-state index in [1.807, 2.05) is 60.7 Å². The standard InChI is InChI=1S/C69H42N4O2/c1-4-15-43(16-5-1)48-29-33-61-56(39-48)55-25-10-11-27-60(55)73(61)53-32-36-63-58(42-53)57-40-49(30-34-62(57)74-63)46-21-12-23-51(37-46)54-26-14-28-65-66(54)59-41-50(31-35-64(59)75-65)47-22-13-24-52(38-47)69-71-67(44-17-6-2-7-18-44)70-68(72-69)45-19-8-3-9-20-45/h1-42H. The number of benzene rings is 11. The molecule has 0 amide bonds. The summed E-state index contributed by atoms with van der Waals surface area (Å²) >= 11 is 0. The van der Waals surface area contributed by atoms with Crippen LogP contribution in [-0.2, 0) is 0 Å². The van der Waals surface area contributed by atoms with Gasteiger partial charge in [-0.15, -0.1) is 0 Å². The Labute approximate surface area is 431 Å². The van der Waals surface area contributed by atoms with Crippen LogP contribution in [0.2, 0.25) is 0 Å². The van der Waals surface area contributed by atoms with Gasteiger partial charge in [0.2, 0.25) is 0 Å². The second kappa shape index (κ2) is 17.3. The van der Waals surface area contributed by atoms with E-state index in [1.54, 1.807) is 0 Å². The first-order chi connectivity index (χ1) is 37.1. The average Bonchev–Trinajstić information content (AvgIpc) is 4.19. The van der Waals surface area contributed by atoms with E-state index in [-0.39, 0.29) is 0 Å². The lowest BCUT2D eigenvalue weighted by atomic mass is 9.94. The summed E-state index contributed by atoms with van der Waals surface area (Å²) < 4.78 is 15.5. The largest absolute Gasteiger partial charge is 0.456 e. The number of rotatable bonds is 8. The zero-order valence-electron chi connectivity index (χ0n) is 40.4. The van der Waals surface area contributed by atoms with Gasteiger partial charge in [-0.3, -0.25) is 0 Å². The molecule has 0 N–H and O–H groups in total. The van der Waals surface area contributed by atoms with Gasteiger partial charge >= 0.3 is 0 Å². The van der Waals surface area contributed by atoms with Crippen LogP contribution in [0.1, 0.15) is 0 Å². The molecule has 0 bridgehead atoms. The number of hydrogen-bond donors (Lipinski definition) is 0. The van der Waals surface area contributed by atoms with Crippen LogP contribution in [0.5, 0.6) is 0 Å². The number of para-hydroxylation sites is 1. The van der Waals surface area contributed by atoms with Gasteiger partial charge in [0.25, 0.3) is 0 Å². The minimum Gasteiger partial charge on any atom is -0.456 e. The zero-order chi connectivity index (χ0) is 49.4. The maximum absolute atomic E-state index is 6.57. The van der Waals surface area contributed by atoms with Crippen LogP contribution >= 0.6 is 0 Å². The topological polar surface area (TPSA) is 69.9 Å². The third kappa shape index (κ3) is 7.30. The van der Waals surface area contributed by atoms with E-state index in [0.717, 1.165) is 105 Å². The summed E-state index contributed by atoms with van der Waals surface area (Å²) in [5, 5.41) is 6.72. The van der Waals surface area contributed by atoms with Crippen LogP contribution in [0.25, 0.3) is 150 Å². The molecule has 15 aromatic rings. The Morgan fingerprint density at radius 1 is 0.253 bits per heavy atom. The van der Waals surface area contributed by atoms with Gasteiger partial charge in [-0.25, -0.2) is 15.0 Å². The first-order valence-corrected chi connectivity index (χ1v) is 25.2. The van der Waals surface area contributed by atoms with Crippen molar-refractivity contribution >= 4 is 65.7 Å². The summed E-state index contributed by atoms with van der Waals surface area (Å²) in [4.78, 5) is 14.9. The highest BCUT2D eigenvalue weighted by molar-refractivity contribution is 6.14. The summed E-state index contributed by atoms with van der Waals surface area (Å²) in [6, 6.07) is 89.5. The number of fused-ring (bicyclic) bond motifs is 9. The van der Waals surface area contributed by atoms with Gasteiger partial charge < -0.3 is 13.4 Å². The van der Waals surface area contributed by atoms with E-state index >= 15 is 0 Å².